The minimum atomic E-state index is -0.989. The van der Waals surface area contributed by atoms with Crippen molar-refractivity contribution in [1.82, 2.24) is 0 Å². The molecule has 2 aromatic rings. The molecule has 3 rings (SSSR count). The lowest BCUT2D eigenvalue weighted by atomic mass is 10.2. The number of para-hydroxylation sites is 1. The number of thioether (sulfide) groups is 1. The van der Waals surface area contributed by atoms with Crippen molar-refractivity contribution < 1.29 is 19.1 Å². The molecule has 0 aliphatic carbocycles. The molecule has 0 spiro atoms. The Labute approximate surface area is 165 Å². The number of fused-ring (bicyclic) bond motifs is 1. The molecular formula is C19H17ClN2O4S. The molecule has 2 aromatic carbocycles. The molecule has 1 heterocycles. The van der Waals surface area contributed by atoms with Gasteiger partial charge in [0.15, 0.2) is 6.10 Å². The molecule has 6 nitrogen and oxygen atoms in total. The molecule has 0 saturated heterocycles. The molecule has 1 aliphatic heterocycles. The van der Waals surface area contributed by atoms with Gasteiger partial charge < -0.3 is 15.4 Å². The Morgan fingerprint density at radius 2 is 1.93 bits per heavy atom. The molecule has 8 heteroatoms. The summed E-state index contributed by atoms with van der Waals surface area (Å²) in [6, 6.07) is 14.0. The zero-order valence-electron chi connectivity index (χ0n) is 14.4. The molecule has 2 atom stereocenters. The van der Waals surface area contributed by atoms with E-state index in [1.165, 1.54) is 18.7 Å². The van der Waals surface area contributed by atoms with E-state index in [-0.39, 0.29) is 12.3 Å². The number of hydrogen-bond acceptors (Lipinski definition) is 5. The van der Waals surface area contributed by atoms with E-state index in [4.69, 9.17) is 16.3 Å². The van der Waals surface area contributed by atoms with Gasteiger partial charge in [0.05, 0.1) is 17.4 Å². The molecule has 0 saturated carbocycles. The SMILES string of the molecule is C[C@H](OC(=O)C[C@@H]1Sc2ccccc2NC1=O)C(=O)Nc1ccc(Cl)cc1. The van der Waals surface area contributed by atoms with E-state index in [0.29, 0.717) is 10.7 Å². The lowest BCUT2D eigenvalue weighted by Crippen LogP contribution is -2.34. The number of halogens is 1. The number of benzene rings is 2. The molecule has 0 aromatic heterocycles. The van der Waals surface area contributed by atoms with Crippen molar-refractivity contribution in [2.75, 3.05) is 10.6 Å². The van der Waals surface area contributed by atoms with Gasteiger partial charge in [-0.2, -0.15) is 0 Å². The maximum atomic E-state index is 12.2. The average Bonchev–Trinajstić information content (AvgIpc) is 2.64. The second-order valence-electron chi connectivity index (χ2n) is 5.92. The molecule has 0 radical (unpaired) electrons. The van der Waals surface area contributed by atoms with Crippen LogP contribution < -0.4 is 10.6 Å². The van der Waals surface area contributed by atoms with E-state index >= 15 is 0 Å². The van der Waals surface area contributed by atoms with Crippen molar-refractivity contribution in [3.05, 3.63) is 53.6 Å². The summed E-state index contributed by atoms with van der Waals surface area (Å²) in [6.45, 7) is 1.48. The molecule has 2 N–H and O–H groups in total. The van der Waals surface area contributed by atoms with Crippen LogP contribution in [0.25, 0.3) is 0 Å². The topological polar surface area (TPSA) is 84.5 Å². The largest absolute Gasteiger partial charge is 0.452 e. The smallest absolute Gasteiger partial charge is 0.308 e. The van der Waals surface area contributed by atoms with Crippen LogP contribution in [0, 0.1) is 0 Å². The fourth-order valence-corrected chi connectivity index (χ4v) is 3.68. The van der Waals surface area contributed by atoms with Gasteiger partial charge >= 0.3 is 5.97 Å². The van der Waals surface area contributed by atoms with E-state index in [1.807, 2.05) is 18.2 Å². The van der Waals surface area contributed by atoms with Crippen molar-refractivity contribution in [1.29, 1.82) is 0 Å². The van der Waals surface area contributed by atoms with Crippen LogP contribution in [0.3, 0.4) is 0 Å². The maximum absolute atomic E-state index is 12.2. The third kappa shape index (κ3) is 5.02. The Hall–Kier alpha value is -2.51. The standard InChI is InChI=1S/C19H17ClN2O4S/c1-11(18(24)21-13-8-6-12(20)7-9-13)26-17(23)10-16-19(25)22-14-4-2-3-5-15(14)27-16/h2-9,11,16H,10H2,1H3,(H,21,24)(H,22,25)/t11-,16-/m0/s1. The highest BCUT2D eigenvalue weighted by Crippen LogP contribution is 2.36. The number of esters is 1. The van der Waals surface area contributed by atoms with Crippen molar-refractivity contribution in [2.45, 2.75) is 29.6 Å². The summed E-state index contributed by atoms with van der Waals surface area (Å²) in [4.78, 5) is 37.4. The number of carbonyl (C=O) groups excluding carboxylic acids is 3. The molecule has 0 fully saturated rings. The highest BCUT2D eigenvalue weighted by atomic mass is 35.5. The predicted octanol–water partition coefficient (Wildman–Crippen LogP) is 3.71. The van der Waals surface area contributed by atoms with Gasteiger partial charge in [-0.25, -0.2) is 0 Å². The molecule has 1 aliphatic rings. The normalized spacial score (nSPS) is 16.7. The van der Waals surface area contributed by atoms with Crippen molar-refractivity contribution in [3.63, 3.8) is 0 Å². The summed E-state index contributed by atoms with van der Waals surface area (Å²) in [5.74, 6) is -1.33. The highest BCUT2D eigenvalue weighted by molar-refractivity contribution is 8.01. The number of ether oxygens (including phenoxy) is 1. The summed E-state index contributed by atoms with van der Waals surface area (Å²) < 4.78 is 5.18. The third-order valence-corrected chi connectivity index (χ3v) is 5.38. The van der Waals surface area contributed by atoms with Crippen LogP contribution in [0.1, 0.15) is 13.3 Å². The highest BCUT2D eigenvalue weighted by Gasteiger charge is 2.30. The Bertz CT molecular complexity index is 872. The van der Waals surface area contributed by atoms with E-state index in [9.17, 15) is 14.4 Å². The first kappa shape index (κ1) is 19.3. The number of rotatable bonds is 5. The molecule has 0 unspecified atom stereocenters. The van der Waals surface area contributed by atoms with Crippen LogP contribution in [0.15, 0.2) is 53.4 Å². The molecular weight excluding hydrogens is 388 g/mol. The van der Waals surface area contributed by atoms with Crippen LogP contribution >= 0.6 is 23.4 Å². The number of nitrogens with one attached hydrogen (secondary N) is 2. The summed E-state index contributed by atoms with van der Waals surface area (Å²) in [5.41, 5.74) is 1.28. The monoisotopic (exact) mass is 404 g/mol. The Morgan fingerprint density at radius 3 is 2.67 bits per heavy atom. The van der Waals surface area contributed by atoms with Gasteiger partial charge in [0.2, 0.25) is 5.91 Å². The molecule has 27 heavy (non-hydrogen) atoms. The lowest BCUT2D eigenvalue weighted by molar-refractivity contribution is -0.153. The van der Waals surface area contributed by atoms with Crippen LogP contribution in [0.4, 0.5) is 11.4 Å². The van der Waals surface area contributed by atoms with Gasteiger partial charge in [0.25, 0.3) is 5.91 Å². The number of anilines is 2. The molecule has 0 bridgehead atoms. The van der Waals surface area contributed by atoms with Crippen LogP contribution in [0.2, 0.25) is 5.02 Å². The zero-order chi connectivity index (χ0) is 19.4. The fourth-order valence-electron chi connectivity index (χ4n) is 2.45. The number of amides is 2. The summed E-state index contributed by atoms with van der Waals surface area (Å²) in [6.07, 6.45) is -1.11. The summed E-state index contributed by atoms with van der Waals surface area (Å²) >= 11 is 7.11. The van der Waals surface area contributed by atoms with E-state index < -0.39 is 23.2 Å². The van der Waals surface area contributed by atoms with E-state index in [2.05, 4.69) is 10.6 Å². The van der Waals surface area contributed by atoms with Gasteiger partial charge in [-0.3, -0.25) is 14.4 Å². The first-order valence-electron chi connectivity index (χ1n) is 8.25. The van der Waals surface area contributed by atoms with Crippen molar-refractivity contribution in [3.8, 4) is 0 Å². The van der Waals surface area contributed by atoms with Crippen molar-refractivity contribution >= 4 is 52.5 Å². The van der Waals surface area contributed by atoms with E-state index in [1.54, 1.807) is 30.3 Å². The second-order valence-corrected chi connectivity index (χ2v) is 7.61. The Balaban J connectivity index is 1.53. The van der Waals surface area contributed by atoms with Gasteiger partial charge in [-0.1, -0.05) is 23.7 Å². The average molecular weight is 405 g/mol. The quantitative estimate of drug-likeness (QED) is 0.742. The fraction of sp³-hybridized carbons (Fsp3) is 0.211. The number of hydrogen-bond donors (Lipinski definition) is 2. The van der Waals surface area contributed by atoms with E-state index in [0.717, 1.165) is 10.6 Å². The van der Waals surface area contributed by atoms with Gasteiger partial charge in [-0.05, 0) is 43.3 Å². The van der Waals surface area contributed by atoms with Crippen LogP contribution in [0.5, 0.6) is 0 Å². The second kappa shape index (κ2) is 8.45. The third-order valence-electron chi connectivity index (χ3n) is 3.85. The van der Waals surface area contributed by atoms with Gasteiger partial charge in [0.1, 0.15) is 0 Å². The molecule has 2 amide bonds. The number of carbonyl (C=O) groups is 3. The minimum Gasteiger partial charge on any atom is -0.452 e. The zero-order valence-corrected chi connectivity index (χ0v) is 16.0. The molecule has 140 valence electrons. The summed E-state index contributed by atoms with van der Waals surface area (Å²) in [5, 5.41) is 5.37. The van der Waals surface area contributed by atoms with Crippen LogP contribution in [-0.4, -0.2) is 29.1 Å². The predicted molar refractivity (Wildman–Crippen MR) is 105 cm³/mol. The van der Waals surface area contributed by atoms with Crippen molar-refractivity contribution in [2.24, 2.45) is 0 Å². The van der Waals surface area contributed by atoms with Gasteiger partial charge in [-0.15, -0.1) is 11.8 Å². The minimum absolute atomic E-state index is 0.122. The van der Waals surface area contributed by atoms with Gasteiger partial charge in [0, 0.05) is 15.6 Å². The van der Waals surface area contributed by atoms with Crippen LogP contribution in [-0.2, 0) is 19.1 Å². The first-order valence-corrected chi connectivity index (χ1v) is 9.50. The summed E-state index contributed by atoms with van der Waals surface area (Å²) in [7, 11) is 0. The Kier molecular flexibility index (Phi) is 6.03. The lowest BCUT2D eigenvalue weighted by Gasteiger charge is -2.23. The maximum Gasteiger partial charge on any atom is 0.308 e. The first-order chi connectivity index (χ1) is 12.9. The Morgan fingerprint density at radius 1 is 1.22 bits per heavy atom.